The summed E-state index contributed by atoms with van der Waals surface area (Å²) in [7, 11) is 2.92. The first-order chi connectivity index (χ1) is 16.4. The van der Waals surface area contributed by atoms with E-state index in [0.717, 1.165) is 33.4 Å². The lowest BCUT2D eigenvalue weighted by Crippen LogP contribution is -2.22. The second-order valence-corrected chi connectivity index (χ2v) is 7.83. The molecule has 8 heteroatoms. The van der Waals surface area contributed by atoms with E-state index in [1.54, 1.807) is 30.6 Å². The van der Waals surface area contributed by atoms with Crippen LogP contribution in [0.2, 0.25) is 0 Å². The second-order valence-electron chi connectivity index (χ2n) is 7.83. The van der Waals surface area contributed by atoms with Crippen molar-refractivity contribution in [3.8, 4) is 17.2 Å². The molecule has 0 fully saturated rings. The van der Waals surface area contributed by atoms with Gasteiger partial charge in [0.15, 0.2) is 11.5 Å². The molecule has 34 heavy (non-hydrogen) atoms. The van der Waals surface area contributed by atoms with Gasteiger partial charge in [0, 0.05) is 24.5 Å². The highest BCUT2D eigenvalue weighted by Gasteiger charge is 2.26. The maximum Gasteiger partial charge on any atom is 0.224 e. The number of ether oxygens (including phenoxy) is 2. The number of allylic oxidation sites excluding steroid dienone is 2. The predicted octanol–water partition coefficient (Wildman–Crippen LogP) is 4.37. The van der Waals surface area contributed by atoms with Gasteiger partial charge in [0.05, 0.1) is 20.6 Å². The number of nitrogens with zero attached hydrogens (tertiary/aromatic N) is 2. The number of amides is 1. The summed E-state index contributed by atoms with van der Waals surface area (Å²) in [6.45, 7) is 2.21. The SMILES string of the molecule is COc1cc(C=C2C(C)=C(CC(=O)NCc3cncnc3)c3cc(F)ccc32)cc(OC)c1O. The zero-order valence-corrected chi connectivity index (χ0v) is 19.1. The second kappa shape index (κ2) is 9.74. The van der Waals surface area contributed by atoms with Crippen LogP contribution in [0.3, 0.4) is 0 Å². The van der Waals surface area contributed by atoms with Gasteiger partial charge in [-0.1, -0.05) is 6.07 Å². The van der Waals surface area contributed by atoms with Crippen molar-refractivity contribution in [2.45, 2.75) is 19.9 Å². The van der Waals surface area contributed by atoms with Crippen LogP contribution in [0.25, 0.3) is 17.2 Å². The smallest absolute Gasteiger partial charge is 0.224 e. The van der Waals surface area contributed by atoms with Gasteiger partial charge in [0.25, 0.3) is 0 Å². The molecule has 0 bridgehead atoms. The van der Waals surface area contributed by atoms with Gasteiger partial charge in [0.1, 0.15) is 12.1 Å². The van der Waals surface area contributed by atoms with Gasteiger partial charge in [-0.3, -0.25) is 4.79 Å². The molecule has 3 aromatic rings. The minimum Gasteiger partial charge on any atom is -0.502 e. The molecule has 0 unspecified atom stereocenters. The molecule has 1 heterocycles. The number of nitrogens with one attached hydrogen (secondary N) is 1. The number of methoxy groups -OCH3 is 2. The number of phenolic OH excluding ortho intramolecular Hbond substituents is 1. The van der Waals surface area contributed by atoms with Crippen LogP contribution in [-0.4, -0.2) is 35.2 Å². The molecule has 2 N–H and O–H groups in total. The van der Waals surface area contributed by atoms with Gasteiger partial charge in [-0.05, 0) is 70.7 Å². The molecule has 4 rings (SSSR count). The quantitative estimate of drug-likeness (QED) is 0.543. The van der Waals surface area contributed by atoms with E-state index in [4.69, 9.17) is 9.47 Å². The lowest BCUT2D eigenvalue weighted by Gasteiger charge is -2.11. The Labute approximate surface area is 196 Å². The highest BCUT2D eigenvalue weighted by Crippen LogP contribution is 2.45. The largest absolute Gasteiger partial charge is 0.502 e. The Bertz CT molecular complexity index is 1280. The van der Waals surface area contributed by atoms with Gasteiger partial charge >= 0.3 is 0 Å². The number of hydrogen-bond acceptors (Lipinski definition) is 6. The van der Waals surface area contributed by atoms with Crippen LogP contribution in [0.1, 0.15) is 35.6 Å². The van der Waals surface area contributed by atoms with Crippen molar-refractivity contribution < 1.29 is 23.8 Å². The molecule has 7 nitrogen and oxygen atoms in total. The van der Waals surface area contributed by atoms with Gasteiger partial charge in [-0.15, -0.1) is 0 Å². The van der Waals surface area contributed by atoms with Crippen molar-refractivity contribution in [1.82, 2.24) is 15.3 Å². The third kappa shape index (κ3) is 4.61. The first kappa shape index (κ1) is 23.0. The number of hydrogen-bond donors (Lipinski definition) is 2. The van der Waals surface area contributed by atoms with E-state index in [-0.39, 0.29) is 35.4 Å². The number of benzene rings is 2. The summed E-state index contributed by atoms with van der Waals surface area (Å²) >= 11 is 0. The average Bonchev–Trinajstić information content (AvgIpc) is 3.09. The third-order valence-electron chi connectivity index (χ3n) is 5.71. The molecule has 0 radical (unpaired) electrons. The van der Waals surface area contributed by atoms with E-state index in [9.17, 15) is 14.3 Å². The lowest BCUT2D eigenvalue weighted by molar-refractivity contribution is -0.120. The number of aromatic nitrogens is 2. The molecule has 174 valence electrons. The summed E-state index contributed by atoms with van der Waals surface area (Å²) in [4.78, 5) is 20.6. The van der Waals surface area contributed by atoms with Gasteiger partial charge in [-0.25, -0.2) is 14.4 Å². The van der Waals surface area contributed by atoms with Crippen LogP contribution in [-0.2, 0) is 11.3 Å². The zero-order valence-electron chi connectivity index (χ0n) is 19.1. The minimum absolute atomic E-state index is 0.0884. The molecule has 0 aliphatic heterocycles. The van der Waals surface area contributed by atoms with Gasteiger partial charge in [-0.2, -0.15) is 0 Å². The Hall–Kier alpha value is -4.20. The number of carbonyl (C=O) groups is 1. The first-order valence-electron chi connectivity index (χ1n) is 10.6. The molecular formula is C26H24FN3O4. The van der Waals surface area contributed by atoms with Crippen molar-refractivity contribution in [3.63, 3.8) is 0 Å². The Morgan fingerprint density at radius 3 is 2.41 bits per heavy atom. The van der Waals surface area contributed by atoms with E-state index in [1.807, 2.05) is 13.0 Å². The van der Waals surface area contributed by atoms with E-state index < -0.39 is 0 Å². The fraction of sp³-hybridized carbons (Fsp3) is 0.192. The van der Waals surface area contributed by atoms with Crippen molar-refractivity contribution in [2.75, 3.05) is 14.2 Å². The first-order valence-corrected chi connectivity index (χ1v) is 10.6. The van der Waals surface area contributed by atoms with Crippen LogP contribution >= 0.6 is 0 Å². The van der Waals surface area contributed by atoms with Gasteiger partial charge in [0.2, 0.25) is 11.7 Å². The number of aromatic hydroxyl groups is 1. The molecule has 1 aliphatic carbocycles. The Kier molecular flexibility index (Phi) is 6.58. The summed E-state index contributed by atoms with van der Waals surface area (Å²) in [5.41, 5.74) is 5.49. The fourth-order valence-electron chi connectivity index (χ4n) is 3.99. The Morgan fingerprint density at radius 2 is 1.76 bits per heavy atom. The standard InChI is InChI=1S/C26H24FN3O4/c1-15-20(6-16-7-23(33-2)26(32)24(8-16)34-3)19-5-4-18(27)9-22(19)21(15)10-25(31)30-13-17-11-28-14-29-12-17/h4-9,11-12,14,32H,10,13H2,1-3H3,(H,30,31). The number of rotatable bonds is 7. The predicted molar refractivity (Wildman–Crippen MR) is 127 cm³/mol. The highest BCUT2D eigenvalue weighted by molar-refractivity contribution is 6.08. The summed E-state index contributed by atoms with van der Waals surface area (Å²) in [5, 5.41) is 13.1. The van der Waals surface area contributed by atoms with Crippen LogP contribution < -0.4 is 14.8 Å². The molecule has 2 aromatic carbocycles. The van der Waals surface area contributed by atoms with E-state index in [1.165, 1.54) is 32.7 Å². The van der Waals surface area contributed by atoms with Crippen molar-refractivity contribution >= 4 is 23.1 Å². The van der Waals surface area contributed by atoms with E-state index in [0.29, 0.717) is 12.1 Å². The van der Waals surface area contributed by atoms with Crippen LogP contribution in [0.5, 0.6) is 17.2 Å². The number of halogens is 1. The summed E-state index contributed by atoms with van der Waals surface area (Å²) < 4.78 is 24.7. The maximum atomic E-state index is 14.1. The van der Waals surface area contributed by atoms with Crippen LogP contribution in [0.4, 0.5) is 4.39 Å². The topological polar surface area (TPSA) is 93.6 Å². The Morgan fingerprint density at radius 1 is 1.09 bits per heavy atom. The van der Waals surface area contributed by atoms with Crippen molar-refractivity contribution in [2.24, 2.45) is 0 Å². The van der Waals surface area contributed by atoms with E-state index >= 15 is 0 Å². The molecule has 1 amide bonds. The molecule has 0 spiro atoms. The summed E-state index contributed by atoms with van der Waals surface area (Å²) in [5.74, 6) is -0.110. The fourth-order valence-corrected chi connectivity index (χ4v) is 3.99. The lowest BCUT2D eigenvalue weighted by atomic mass is 10.00. The molecule has 1 aliphatic rings. The molecule has 1 aromatic heterocycles. The molecule has 0 saturated carbocycles. The van der Waals surface area contributed by atoms with E-state index in [2.05, 4.69) is 15.3 Å². The van der Waals surface area contributed by atoms with Gasteiger partial charge < -0.3 is 19.9 Å². The van der Waals surface area contributed by atoms with Crippen molar-refractivity contribution in [3.05, 3.63) is 82.7 Å². The Balaban J connectivity index is 1.68. The highest BCUT2D eigenvalue weighted by atomic mass is 19.1. The van der Waals surface area contributed by atoms with Crippen molar-refractivity contribution in [1.29, 1.82) is 0 Å². The molecular weight excluding hydrogens is 437 g/mol. The van der Waals surface area contributed by atoms with Crippen LogP contribution in [0.15, 0.2) is 54.6 Å². The zero-order chi connectivity index (χ0) is 24.2. The monoisotopic (exact) mass is 461 g/mol. The normalized spacial score (nSPS) is 13.7. The number of carbonyl (C=O) groups excluding carboxylic acids is 1. The average molecular weight is 461 g/mol. The summed E-state index contributed by atoms with van der Waals surface area (Å²) in [6.07, 6.45) is 6.70. The van der Waals surface area contributed by atoms with Crippen LogP contribution in [0, 0.1) is 5.82 Å². The summed E-state index contributed by atoms with van der Waals surface area (Å²) in [6, 6.07) is 7.94. The number of fused-ring (bicyclic) bond motifs is 1. The maximum absolute atomic E-state index is 14.1. The molecule has 0 saturated heterocycles. The minimum atomic E-state index is -0.375. The third-order valence-corrected chi connectivity index (χ3v) is 5.71. The number of phenols is 1. The molecule has 0 atom stereocenters.